The molecule has 0 N–H and O–H groups in total. The Kier molecular flexibility index (Phi) is 4.18. The number of hydrogen-bond donors (Lipinski definition) is 0. The molecule has 1 aliphatic rings. The number of nitrogens with zero attached hydrogens (tertiary/aromatic N) is 2. The van der Waals surface area contributed by atoms with Gasteiger partial charge in [-0.3, -0.25) is 4.79 Å². The summed E-state index contributed by atoms with van der Waals surface area (Å²) in [5.41, 5.74) is 0. The standard InChI is InChI=1S/C11H16N2O/c1-2-10-8-11(14)13(9-10)7-5-3-4-6-12/h2,10H,1,3-5,7-9H2. The first kappa shape index (κ1) is 10.8. The average Bonchev–Trinajstić information content (AvgIpc) is 2.54. The van der Waals surface area contributed by atoms with Crippen LogP contribution in [-0.2, 0) is 4.79 Å². The third kappa shape index (κ3) is 2.88. The molecule has 1 unspecified atom stereocenters. The number of amides is 1. The van der Waals surface area contributed by atoms with Crippen LogP contribution < -0.4 is 0 Å². The van der Waals surface area contributed by atoms with E-state index in [-0.39, 0.29) is 5.91 Å². The van der Waals surface area contributed by atoms with E-state index in [1.165, 1.54) is 0 Å². The summed E-state index contributed by atoms with van der Waals surface area (Å²) in [6.45, 7) is 5.31. The summed E-state index contributed by atoms with van der Waals surface area (Å²) in [7, 11) is 0. The Balaban J connectivity index is 2.22. The van der Waals surface area contributed by atoms with E-state index in [2.05, 4.69) is 12.6 Å². The minimum atomic E-state index is 0.229. The van der Waals surface area contributed by atoms with Gasteiger partial charge in [-0.2, -0.15) is 5.26 Å². The van der Waals surface area contributed by atoms with Crippen LogP contribution in [0.25, 0.3) is 0 Å². The molecule has 76 valence electrons. The summed E-state index contributed by atoms with van der Waals surface area (Å²) < 4.78 is 0. The van der Waals surface area contributed by atoms with Crippen molar-refractivity contribution < 1.29 is 4.79 Å². The Morgan fingerprint density at radius 2 is 2.43 bits per heavy atom. The monoisotopic (exact) mass is 192 g/mol. The van der Waals surface area contributed by atoms with Crippen molar-refractivity contribution in [3.05, 3.63) is 12.7 Å². The molecule has 14 heavy (non-hydrogen) atoms. The molecule has 0 aromatic carbocycles. The normalized spacial score (nSPS) is 20.9. The molecule has 3 heteroatoms. The van der Waals surface area contributed by atoms with Gasteiger partial charge in [0.15, 0.2) is 0 Å². The van der Waals surface area contributed by atoms with Crippen LogP contribution in [0.4, 0.5) is 0 Å². The SMILES string of the molecule is C=CC1CC(=O)N(CCCCC#N)C1. The van der Waals surface area contributed by atoms with Crippen molar-refractivity contribution >= 4 is 5.91 Å². The number of unbranched alkanes of at least 4 members (excludes halogenated alkanes) is 2. The Morgan fingerprint density at radius 3 is 3.00 bits per heavy atom. The minimum absolute atomic E-state index is 0.229. The maximum Gasteiger partial charge on any atom is 0.223 e. The third-order valence-corrected chi connectivity index (χ3v) is 2.54. The summed E-state index contributed by atoms with van der Waals surface area (Å²) in [4.78, 5) is 13.3. The van der Waals surface area contributed by atoms with Gasteiger partial charge in [-0.25, -0.2) is 0 Å². The van der Waals surface area contributed by atoms with Crippen LogP contribution in [0.3, 0.4) is 0 Å². The fraction of sp³-hybridized carbons (Fsp3) is 0.636. The van der Waals surface area contributed by atoms with Crippen molar-refractivity contribution in [3.8, 4) is 6.07 Å². The van der Waals surface area contributed by atoms with Gasteiger partial charge in [0.25, 0.3) is 0 Å². The van der Waals surface area contributed by atoms with Gasteiger partial charge in [0.05, 0.1) is 6.07 Å². The zero-order valence-corrected chi connectivity index (χ0v) is 8.41. The predicted molar refractivity (Wildman–Crippen MR) is 54.3 cm³/mol. The number of hydrogen-bond acceptors (Lipinski definition) is 2. The van der Waals surface area contributed by atoms with E-state index in [9.17, 15) is 4.79 Å². The largest absolute Gasteiger partial charge is 0.342 e. The molecule has 0 saturated carbocycles. The van der Waals surface area contributed by atoms with Crippen LogP contribution in [0.2, 0.25) is 0 Å². The number of rotatable bonds is 5. The first-order valence-electron chi connectivity index (χ1n) is 5.05. The predicted octanol–water partition coefficient (Wildman–Crippen LogP) is 1.71. The van der Waals surface area contributed by atoms with Gasteiger partial charge >= 0.3 is 0 Å². The van der Waals surface area contributed by atoms with Crippen molar-refractivity contribution in [1.29, 1.82) is 5.26 Å². The molecule has 0 bridgehead atoms. The molecule has 1 saturated heterocycles. The number of nitriles is 1. The lowest BCUT2D eigenvalue weighted by Crippen LogP contribution is -2.26. The van der Waals surface area contributed by atoms with Crippen LogP contribution >= 0.6 is 0 Å². The molecule has 1 rings (SSSR count). The van der Waals surface area contributed by atoms with Gasteiger partial charge in [-0.05, 0) is 12.8 Å². The Morgan fingerprint density at radius 1 is 1.64 bits per heavy atom. The second kappa shape index (κ2) is 5.43. The molecular weight excluding hydrogens is 176 g/mol. The highest BCUT2D eigenvalue weighted by Crippen LogP contribution is 2.18. The van der Waals surface area contributed by atoms with Gasteiger partial charge in [-0.1, -0.05) is 6.08 Å². The summed E-state index contributed by atoms with van der Waals surface area (Å²) in [6.07, 6.45) is 4.88. The van der Waals surface area contributed by atoms with E-state index in [0.717, 1.165) is 25.9 Å². The highest BCUT2D eigenvalue weighted by molar-refractivity contribution is 5.78. The van der Waals surface area contributed by atoms with Crippen LogP contribution in [-0.4, -0.2) is 23.9 Å². The molecule has 1 atom stereocenters. The molecular formula is C11H16N2O. The van der Waals surface area contributed by atoms with E-state index in [0.29, 0.717) is 18.8 Å². The summed E-state index contributed by atoms with van der Waals surface area (Å²) >= 11 is 0. The zero-order chi connectivity index (χ0) is 10.4. The molecule has 0 radical (unpaired) electrons. The highest BCUT2D eigenvalue weighted by Gasteiger charge is 2.26. The highest BCUT2D eigenvalue weighted by atomic mass is 16.2. The van der Waals surface area contributed by atoms with Gasteiger partial charge < -0.3 is 4.90 Å². The maximum absolute atomic E-state index is 11.4. The zero-order valence-electron chi connectivity index (χ0n) is 8.41. The summed E-state index contributed by atoms with van der Waals surface area (Å²) in [6, 6.07) is 2.10. The van der Waals surface area contributed by atoms with E-state index >= 15 is 0 Å². The average molecular weight is 192 g/mol. The second-order valence-electron chi connectivity index (χ2n) is 3.65. The first-order valence-corrected chi connectivity index (χ1v) is 5.05. The maximum atomic E-state index is 11.4. The fourth-order valence-corrected chi connectivity index (χ4v) is 1.68. The van der Waals surface area contributed by atoms with Crippen LogP contribution in [0, 0.1) is 17.2 Å². The van der Waals surface area contributed by atoms with Crippen molar-refractivity contribution in [2.45, 2.75) is 25.7 Å². The summed E-state index contributed by atoms with van der Waals surface area (Å²) in [5, 5.41) is 8.35. The van der Waals surface area contributed by atoms with E-state index in [4.69, 9.17) is 5.26 Å². The topological polar surface area (TPSA) is 44.1 Å². The van der Waals surface area contributed by atoms with Gasteiger partial charge in [0.1, 0.15) is 0 Å². The molecule has 3 nitrogen and oxygen atoms in total. The molecule has 0 spiro atoms. The van der Waals surface area contributed by atoms with Crippen LogP contribution in [0.1, 0.15) is 25.7 Å². The van der Waals surface area contributed by atoms with Crippen molar-refractivity contribution in [3.63, 3.8) is 0 Å². The van der Waals surface area contributed by atoms with Gasteiger partial charge in [0, 0.05) is 31.8 Å². The number of carbonyl (C=O) groups excluding carboxylic acids is 1. The summed E-state index contributed by atoms with van der Waals surface area (Å²) in [5.74, 6) is 0.560. The molecule has 1 heterocycles. The lowest BCUT2D eigenvalue weighted by molar-refractivity contribution is -0.127. The number of likely N-dealkylation sites (tertiary alicyclic amines) is 1. The Labute approximate surface area is 85.0 Å². The minimum Gasteiger partial charge on any atom is -0.342 e. The first-order chi connectivity index (χ1) is 6.77. The van der Waals surface area contributed by atoms with E-state index in [1.807, 2.05) is 11.0 Å². The molecule has 1 amide bonds. The van der Waals surface area contributed by atoms with Crippen molar-refractivity contribution in [2.24, 2.45) is 5.92 Å². The number of carbonyl (C=O) groups is 1. The quantitative estimate of drug-likeness (QED) is 0.491. The van der Waals surface area contributed by atoms with Crippen molar-refractivity contribution in [2.75, 3.05) is 13.1 Å². The Hall–Kier alpha value is -1.30. The third-order valence-electron chi connectivity index (χ3n) is 2.54. The van der Waals surface area contributed by atoms with Gasteiger partial charge in [-0.15, -0.1) is 6.58 Å². The fourth-order valence-electron chi connectivity index (χ4n) is 1.68. The molecule has 0 aromatic rings. The molecule has 0 aromatic heterocycles. The smallest absolute Gasteiger partial charge is 0.223 e. The lowest BCUT2D eigenvalue weighted by atomic mass is 10.1. The van der Waals surface area contributed by atoms with E-state index < -0.39 is 0 Å². The molecule has 1 fully saturated rings. The lowest BCUT2D eigenvalue weighted by Gasteiger charge is -2.15. The van der Waals surface area contributed by atoms with Crippen molar-refractivity contribution in [1.82, 2.24) is 4.90 Å². The van der Waals surface area contributed by atoms with E-state index in [1.54, 1.807) is 0 Å². The molecule has 1 aliphatic heterocycles. The van der Waals surface area contributed by atoms with Gasteiger partial charge in [0.2, 0.25) is 5.91 Å². The van der Waals surface area contributed by atoms with Crippen LogP contribution in [0.15, 0.2) is 12.7 Å². The second-order valence-corrected chi connectivity index (χ2v) is 3.65. The van der Waals surface area contributed by atoms with Crippen LogP contribution in [0.5, 0.6) is 0 Å². The Bertz CT molecular complexity index is 255. The molecule has 0 aliphatic carbocycles.